The second-order valence-corrected chi connectivity index (χ2v) is 6.28. The zero-order chi connectivity index (χ0) is 17.0. The Labute approximate surface area is 140 Å². The van der Waals surface area contributed by atoms with Gasteiger partial charge in [0.2, 0.25) is 0 Å². The standard InChI is InChI=1S/C16H21ClN2O4/c1-3-8-16(2)14(21)19(15(22)18-16)9-12(20)10-23-13-6-4-11(17)5-7-13/h4-7,12,20H,3,8-10H2,1-2H3,(H,18,22). The van der Waals surface area contributed by atoms with Crippen LogP contribution in [0.3, 0.4) is 0 Å². The van der Waals surface area contributed by atoms with Crippen LogP contribution >= 0.6 is 11.6 Å². The number of rotatable bonds is 7. The number of aliphatic hydroxyl groups is 1. The molecule has 23 heavy (non-hydrogen) atoms. The highest BCUT2D eigenvalue weighted by Gasteiger charge is 2.47. The van der Waals surface area contributed by atoms with Gasteiger partial charge in [-0.25, -0.2) is 4.79 Å². The number of urea groups is 1. The van der Waals surface area contributed by atoms with E-state index in [0.29, 0.717) is 17.2 Å². The van der Waals surface area contributed by atoms with Crippen LogP contribution in [0.1, 0.15) is 26.7 Å². The molecular formula is C16H21ClN2O4. The van der Waals surface area contributed by atoms with E-state index in [9.17, 15) is 14.7 Å². The van der Waals surface area contributed by atoms with Gasteiger partial charge in [-0.05, 0) is 37.6 Å². The van der Waals surface area contributed by atoms with Crippen LogP contribution in [-0.4, -0.2) is 46.7 Å². The first-order chi connectivity index (χ1) is 10.9. The molecule has 1 aliphatic rings. The number of benzene rings is 1. The summed E-state index contributed by atoms with van der Waals surface area (Å²) in [7, 11) is 0. The largest absolute Gasteiger partial charge is 0.491 e. The van der Waals surface area contributed by atoms with Gasteiger partial charge in [-0.3, -0.25) is 9.69 Å². The number of imide groups is 1. The fraction of sp³-hybridized carbons (Fsp3) is 0.500. The Hall–Kier alpha value is -1.79. The van der Waals surface area contributed by atoms with Crippen molar-refractivity contribution in [3.63, 3.8) is 0 Å². The van der Waals surface area contributed by atoms with Gasteiger partial charge >= 0.3 is 6.03 Å². The maximum Gasteiger partial charge on any atom is 0.325 e. The fourth-order valence-electron chi connectivity index (χ4n) is 2.57. The van der Waals surface area contributed by atoms with Crippen LogP contribution in [0.2, 0.25) is 5.02 Å². The highest BCUT2D eigenvalue weighted by atomic mass is 35.5. The van der Waals surface area contributed by atoms with Gasteiger partial charge in [0.25, 0.3) is 5.91 Å². The second-order valence-electron chi connectivity index (χ2n) is 5.85. The number of amides is 3. The van der Waals surface area contributed by atoms with Gasteiger partial charge in [-0.2, -0.15) is 0 Å². The number of carbonyl (C=O) groups excluding carboxylic acids is 2. The topological polar surface area (TPSA) is 78.9 Å². The molecule has 0 spiro atoms. The van der Waals surface area contributed by atoms with Crippen molar-refractivity contribution in [2.45, 2.75) is 38.3 Å². The third-order valence-corrected chi connectivity index (χ3v) is 4.00. The molecule has 0 aromatic heterocycles. The number of aliphatic hydroxyl groups excluding tert-OH is 1. The summed E-state index contributed by atoms with van der Waals surface area (Å²) in [6, 6.07) is 6.24. The summed E-state index contributed by atoms with van der Waals surface area (Å²) in [5.74, 6) is 0.247. The van der Waals surface area contributed by atoms with Gasteiger partial charge in [0.05, 0.1) is 6.54 Å². The Morgan fingerprint density at radius 3 is 2.61 bits per heavy atom. The maximum absolute atomic E-state index is 12.4. The molecule has 126 valence electrons. The number of hydrogen-bond donors (Lipinski definition) is 2. The Bertz CT molecular complexity index is 578. The lowest BCUT2D eigenvalue weighted by atomic mass is 9.96. The molecule has 2 unspecified atom stereocenters. The first kappa shape index (κ1) is 17.6. The minimum atomic E-state index is -0.968. The number of hydrogen-bond acceptors (Lipinski definition) is 4. The smallest absolute Gasteiger partial charge is 0.325 e. The van der Waals surface area contributed by atoms with Crippen LogP contribution in [0.5, 0.6) is 5.75 Å². The Kier molecular flexibility index (Phi) is 5.49. The molecule has 0 radical (unpaired) electrons. The Balaban J connectivity index is 1.89. The van der Waals surface area contributed by atoms with Gasteiger partial charge in [0.15, 0.2) is 0 Å². The predicted molar refractivity (Wildman–Crippen MR) is 86.5 cm³/mol. The molecule has 2 rings (SSSR count). The zero-order valence-corrected chi connectivity index (χ0v) is 14.0. The molecule has 1 aliphatic heterocycles. The average molecular weight is 341 g/mol. The van der Waals surface area contributed by atoms with Crippen molar-refractivity contribution in [1.82, 2.24) is 10.2 Å². The van der Waals surface area contributed by atoms with Crippen LogP contribution < -0.4 is 10.1 Å². The predicted octanol–water partition coefficient (Wildman–Crippen LogP) is 2.19. The quantitative estimate of drug-likeness (QED) is 0.746. The molecule has 2 N–H and O–H groups in total. The first-order valence-electron chi connectivity index (χ1n) is 7.56. The lowest BCUT2D eigenvalue weighted by molar-refractivity contribution is -0.132. The van der Waals surface area contributed by atoms with E-state index in [4.69, 9.17) is 16.3 Å². The monoisotopic (exact) mass is 340 g/mol. The summed E-state index contributed by atoms with van der Waals surface area (Å²) in [6.45, 7) is 3.52. The summed E-state index contributed by atoms with van der Waals surface area (Å²) in [5.41, 5.74) is -0.886. The average Bonchev–Trinajstić information content (AvgIpc) is 2.70. The molecule has 1 saturated heterocycles. The summed E-state index contributed by atoms with van der Waals surface area (Å²) in [6.07, 6.45) is 0.369. The SMILES string of the molecule is CCCC1(C)NC(=O)N(CC(O)COc2ccc(Cl)cc2)C1=O. The highest BCUT2D eigenvalue weighted by Crippen LogP contribution is 2.23. The molecule has 0 saturated carbocycles. The molecule has 6 nitrogen and oxygen atoms in total. The van der Waals surface area contributed by atoms with E-state index < -0.39 is 17.7 Å². The van der Waals surface area contributed by atoms with E-state index in [1.165, 1.54) is 0 Å². The molecular weight excluding hydrogens is 320 g/mol. The van der Waals surface area contributed by atoms with E-state index in [0.717, 1.165) is 11.3 Å². The number of ether oxygens (including phenoxy) is 1. The van der Waals surface area contributed by atoms with Crippen molar-refractivity contribution in [2.24, 2.45) is 0 Å². The lowest BCUT2D eigenvalue weighted by Gasteiger charge is -2.22. The van der Waals surface area contributed by atoms with Gasteiger partial charge in [0, 0.05) is 5.02 Å². The number of nitrogens with one attached hydrogen (secondary N) is 1. The van der Waals surface area contributed by atoms with E-state index in [1.54, 1.807) is 31.2 Å². The summed E-state index contributed by atoms with van der Waals surface area (Å²) < 4.78 is 5.42. The minimum absolute atomic E-state index is 0.0246. The minimum Gasteiger partial charge on any atom is -0.491 e. The molecule has 1 aromatic carbocycles. The molecule has 7 heteroatoms. The molecule has 1 aromatic rings. The zero-order valence-electron chi connectivity index (χ0n) is 13.2. The second kappa shape index (κ2) is 7.19. The Morgan fingerprint density at radius 2 is 2.00 bits per heavy atom. The Morgan fingerprint density at radius 1 is 1.35 bits per heavy atom. The third-order valence-electron chi connectivity index (χ3n) is 3.74. The van der Waals surface area contributed by atoms with E-state index in [1.807, 2.05) is 6.92 Å². The summed E-state index contributed by atoms with van der Waals surface area (Å²) in [4.78, 5) is 25.3. The van der Waals surface area contributed by atoms with E-state index in [-0.39, 0.29) is 19.1 Å². The van der Waals surface area contributed by atoms with Gasteiger partial charge < -0.3 is 15.2 Å². The third kappa shape index (κ3) is 4.14. The van der Waals surface area contributed by atoms with Gasteiger partial charge in [-0.15, -0.1) is 0 Å². The van der Waals surface area contributed by atoms with Crippen LogP contribution in [0.25, 0.3) is 0 Å². The van der Waals surface area contributed by atoms with Crippen molar-refractivity contribution >= 4 is 23.5 Å². The van der Waals surface area contributed by atoms with Crippen molar-refractivity contribution < 1.29 is 19.4 Å². The van der Waals surface area contributed by atoms with Crippen molar-refractivity contribution in [2.75, 3.05) is 13.2 Å². The highest BCUT2D eigenvalue weighted by molar-refractivity contribution is 6.30. The number of β-amino-alcohol motifs (C(OH)–C–C–N with tert-alkyl or cyclic N) is 1. The molecule has 0 bridgehead atoms. The maximum atomic E-state index is 12.4. The van der Waals surface area contributed by atoms with Crippen LogP contribution in [0.15, 0.2) is 24.3 Å². The van der Waals surface area contributed by atoms with Crippen molar-refractivity contribution in [1.29, 1.82) is 0 Å². The number of nitrogens with zero attached hydrogens (tertiary/aromatic N) is 1. The van der Waals surface area contributed by atoms with Gasteiger partial charge in [-0.1, -0.05) is 24.9 Å². The molecule has 1 heterocycles. The van der Waals surface area contributed by atoms with Crippen LogP contribution in [0.4, 0.5) is 4.79 Å². The molecule has 1 fully saturated rings. The molecule has 0 aliphatic carbocycles. The van der Waals surface area contributed by atoms with E-state index >= 15 is 0 Å². The van der Waals surface area contributed by atoms with Crippen molar-refractivity contribution in [3.8, 4) is 5.75 Å². The summed E-state index contributed by atoms with van der Waals surface area (Å²) >= 11 is 5.78. The molecule has 2 atom stereocenters. The number of halogens is 1. The first-order valence-corrected chi connectivity index (χ1v) is 7.94. The van der Waals surface area contributed by atoms with Crippen LogP contribution in [-0.2, 0) is 4.79 Å². The van der Waals surface area contributed by atoms with Crippen molar-refractivity contribution in [3.05, 3.63) is 29.3 Å². The fourth-order valence-corrected chi connectivity index (χ4v) is 2.69. The van der Waals surface area contributed by atoms with E-state index in [2.05, 4.69) is 5.32 Å². The number of carbonyl (C=O) groups is 2. The lowest BCUT2D eigenvalue weighted by Crippen LogP contribution is -2.44. The molecule has 3 amide bonds. The normalized spacial score (nSPS) is 22.2. The van der Waals surface area contributed by atoms with Crippen LogP contribution in [0, 0.1) is 0 Å². The summed E-state index contributed by atoms with van der Waals surface area (Å²) in [5, 5.41) is 13.3. The van der Waals surface area contributed by atoms with Gasteiger partial charge in [0.1, 0.15) is 24.0 Å².